The lowest BCUT2D eigenvalue weighted by Gasteiger charge is -2.28. The molecule has 130 valence electrons. The molecule has 0 fully saturated rings. The molecule has 5 heteroatoms. The molecule has 2 aromatic carbocycles. The third-order valence-corrected chi connectivity index (χ3v) is 7.55. The molecule has 0 saturated heterocycles. The molecule has 0 bridgehead atoms. The van der Waals surface area contributed by atoms with Gasteiger partial charge in [-0.25, -0.2) is 8.42 Å². The Balaban J connectivity index is 2.23. The Bertz CT molecular complexity index is 713. The van der Waals surface area contributed by atoms with Crippen LogP contribution in [0.25, 0.3) is 0 Å². The predicted octanol–water partition coefficient (Wildman–Crippen LogP) is 3.89. The Hall–Kier alpha value is -1.30. The molecule has 2 unspecified atom stereocenters. The number of hydrogen-bond donors (Lipinski definition) is 1. The summed E-state index contributed by atoms with van der Waals surface area (Å²) in [6.45, 7) is 3.66. The largest absolute Gasteiger partial charge is 0.395 e. The van der Waals surface area contributed by atoms with E-state index in [2.05, 4.69) is 0 Å². The van der Waals surface area contributed by atoms with Gasteiger partial charge in [-0.05, 0) is 36.1 Å². The first-order chi connectivity index (χ1) is 11.5. The monoisotopic (exact) mass is 364 g/mol. The average Bonchev–Trinajstić information content (AvgIpc) is 2.59. The molecule has 2 rings (SSSR count). The van der Waals surface area contributed by atoms with Crippen molar-refractivity contribution in [3.05, 3.63) is 60.7 Å². The zero-order valence-corrected chi connectivity index (χ0v) is 15.6. The second-order valence-electron chi connectivity index (χ2n) is 6.11. The zero-order chi connectivity index (χ0) is 17.6. The van der Waals surface area contributed by atoms with Crippen molar-refractivity contribution >= 4 is 21.6 Å². The van der Waals surface area contributed by atoms with Crippen molar-refractivity contribution in [1.82, 2.24) is 0 Å². The maximum absolute atomic E-state index is 13.0. The molecule has 0 heterocycles. The lowest BCUT2D eigenvalue weighted by molar-refractivity contribution is 0.245. The number of aliphatic hydroxyl groups is 1. The van der Waals surface area contributed by atoms with E-state index in [0.717, 1.165) is 4.90 Å². The molecule has 0 radical (unpaired) electrons. The number of thioether (sulfide) groups is 1. The van der Waals surface area contributed by atoms with Crippen molar-refractivity contribution in [1.29, 1.82) is 0 Å². The van der Waals surface area contributed by atoms with Crippen LogP contribution in [0.4, 0.5) is 0 Å². The van der Waals surface area contributed by atoms with Gasteiger partial charge in [0.1, 0.15) is 0 Å². The average molecular weight is 365 g/mol. The van der Waals surface area contributed by atoms with Gasteiger partial charge >= 0.3 is 0 Å². The van der Waals surface area contributed by atoms with Crippen LogP contribution >= 0.6 is 11.8 Å². The maximum atomic E-state index is 13.0. The highest BCUT2D eigenvalue weighted by Gasteiger charge is 2.35. The molecule has 2 atom stereocenters. The standard InChI is InChI=1S/C19H24O3S2/c1-15(2)18(14-23-16-9-5-3-6-10-16)19(13-20)24(21,22)17-11-7-4-8-12-17/h3-12,15,18-20H,13-14H2,1-2H3. The van der Waals surface area contributed by atoms with Crippen LogP contribution in [-0.2, 0) is 9.84 Å². The zero-order valence-electron chi connectivity index (χ0n) is 14.0. The maximum Gasteiger partial charge on any atom is 0.183 e. The Morgan fingerprint density at radius 3 is 2.00 bits per heavy atom. The van der Waals surface area contributed by atoms with E-state index in [-0.39, 0.29) is 23.3 Å². The van der Waals surface area contributed by atoms with Crippen molar-refractivity contribution in [3.63, 3.8) is 0 Å². The molecule has 0 aliphatic carbocycles. The van der Waals surface area contributed by atoms with E-state index in [1.807, 2.05) is 44.2 Å². The van der Waals surface area contributed by atoms with E-state index < -0.39 is 15.1 Å². The summed E-state index contributed by atoms with van der Waals surface area (Å²) in [5, 5.41) is 9.06. The van der Waals surface area contributed by atoms with E-state index in [9.17, 15) is 13.5 Å². The van der Waals surface area contributed by atoms with Crippen LogP contribution < -0.4 is 0 Å². The van der Waals surface area contributed by atoms with Crippen LogP contribution in [-0.4, -0.2) is 31.1 Å². The van der Waals surface area contributed by atoms with Crippen molar-refractivity contribution in [3.8, 4) is 0 Å². The lowest BCUT2D eigenvalue weighted by Crippen LogP contribution is -2.37. The van der Waals surface area contributed by atoms with Gasteiger partial charge in [-0.2, -0.15) is 0 Å². The first kappa shape index (κ1) is 19.0. The van der Waals surface area contributed by atoms with Gasteiger partial charge in [-0.1, -0.05) is 50.2 Å². The molecule has 0 saturated carbocycles. The fourth-order valence-electron chi connectivity index (χ4n) is 2.69. The van der Waals surface area contributed by atoms with Crippen LogP contribution in [0.5, 0.6) is 0 Å². The molecule has 2 aromatic rings. The Morgan fingerprint density at radius 2 is 1.50 bits per heavy atom. The molecule has 0 aliphatic heterocycles. The predicted molar refractivity (Wildman–Crippen MR) is 100.0 cm³/mol. The Kier molecular flexibility index (Phi) is 6.90. The van der Waals surface area contributed by atoms with Crippen LogP contribution in [0, 0.1) is 11.8 Å². The highest BCUT2D eigenvalue weighted by molar-refractivity contribution is 7.99. The number of rotatable bonds is 8. The fraction of sp³-hybridized carbons (Fsp3) is 0.368. The van der Waals surface area contributed by atoms with Crippen molar-refractivity contribution in [2.45, 2.75) is 28.9 Å². The minimum absolute atomic E-state index is 0.134. The normalized spacial score (nSPS) is 14.5. The van der Waals surface area contributed by atoms with Crippen LogP contribution in [0.15, 0.2) is 70.5 Å². The molecule has 3 nitrogen and oxygen atoms in total. The minimum Gasteiger partial charge on any atom is -0.395 e. The van der Waals surface area contributed by atoms with Gasteiger partial charge in [0.25, 0.3) is 0 Å². The molecule has 0 spiro atoms. The summed E-state index contributed by atoms with van der Waals surface area (Å²) in [5.74, 6) is 0.668. The van der Waals surface area contributed by atoms with Gasteiger partial charge in [-0.3, -0.25) is 0 Å². The Labute approximate surface area is 149 Å². The van der Waals surface area contributed by atoms with Crippen molar-refractivity contribution < 1.29 is 13.5 Å². The summed E-state index contributed by atoms with van der Waals surface area (Å²) in [5.41, 5.74) is 0. The Morgan fingerprint density at radius 1 is 0.958 bits per heavy atom. The number of benzene rings is 2. The second kappa shape index (κ2) is 8.70. The minimum atomic E-state index is -3.56. The lowest BCUT2D eigenvalue weighted by atomic mass is 9.94. The SMILES string of the molecule is CC(C)C(CSc1ccccc1)C(CO)S(=O)(=O)c1ccccc1. The van der Waals surface area contributed by atoms with Gasteiger partial charge < -0.3 is 5.11 Å². The van der Waals surface area contributed by atoms with Crippen molar-refractivity contribution in [2.75, 3.05) is 12.4 Å². The summed E-state index contributed by atoms with van der Waals surface area (Å²) < 4.78 is 25.9. The number of hydrogen-bond acceptors (Lipinski definition) is 4. The van der Waals surface area contributed by atoms with E-state index in [0.29, 0.717) is 5.75 Å². The summed E-state index contributed by atoms with van der Waals surface area (Å²) >= 11 is 1.64. The first-order valence-electron chi connectivity index (χ1n) is 8.04. The number of sulfone groups is 1. The number of aliphatic hydroxyl groups excluding tert-OH is 1. The van der Waals surface area contributed by atoms with Crippen LogP contribution in [0.1, 0.15) is 13.8 Å². The van der Waals surface area contributed by atoms with E-state index in [1.54, 1.807) is 42.1 Å². The molecular weight excluding hydrogens is 340 g/mol. The van der Waals surface area contributed by atoms with E-state index in [1.165, 1.54) is 0 Å². The molecule has 0 aliphatic rings. The topological polar surface area (TPSA) is 54.4 Å². The fourth-order valence-corrected chi connectivity index (χ4v) is 6.11. The molecule has 0 amide bonds. The summed E-state index contributed by atoms with van der Waals surface area (Å²) in [7, 11) is -3.56. The third kappa shape index (κ3) is 4.62. The molecule has 0 aromatic heterocycles. The van der Waals surface area contributed by atoms with Crippen molar-refractivity contribution in [2.24, 2.45) is 11.8 Å². The van der Waals surface area contributed by atoms with Gasteiger partial charge in [0.05, 0.1) is 16.8 Å². The van der Waals surface area contributed by atoms with Gasteiger partial charge in [0.2, 0.25) is 0 Å². The first-order valence-corrected chi connectivity index (χ1v) is 10.6. The third-order valence-electron chi connectivity index (χ3n) is 4.17. The second-order valence-corrected chi connectivity index (χ2v) is 9.37. The van der Waals surface area contributed by atoms with Gasteiger partial charge in [0, 0.05) is 10.6 Å². The quantitative estimate of drug-likeness (QED) is 0.722. The molecular formula is C19H24O3S2. The highest BCUT2D eigenvalue weighted by atomic mass is 32.2. The van der Waals surface area contributed by atoms with Gasteiger partial charge in [-0.15, -0.1) is 11.8 Å². The summed E-state index contributed by atoms with van der Waals surface area (Å²) in [4.78, 5) is 1.39. The smallest absolute Gasteiger partial charge is 0.183 e. The summed E-state index contributed by atoms with van der Waals surface area (Å²) in [6.07, 6.45) is 0. The summed E-state index contributed by atoms with van der Waals surface area (Å²) in [6, 6.07) is 18.3. The highest BCUT2D eigenvalue weighted by Crippen LogP contribution is 2.31. The van der Waals surface area contributed by atoms with E-state index >= 15 is 0 Å². The molecule has 24 heavy (non-hydrogen) atoms. The van der Waals surface area contributed by atoms with E-state index in [4.69, 9.17) is 0 Å². The molecule has 1 N–H and O–H groups in total. The van der Waals surface area contributed by atoms with Gasteiger partial charge in [0.15, 0.2) is 9.84 Å². The van der Waals surface area contributed by atoms with Crippen LogP contribution in [0.3, 0.4) is 0 Å². The van der Waals surface area contributed by atoms with Crippen LogP contribution in [0.2, 0.25) is 0 Å².